The molecule has 7 aromatic carbocycles. The molecular formula is C82H87N15O11. The third-order valence-corrected chi connectivity index (χ3v) is 16.7. The van der Waals surface area contributed by atoms with Gasteiger partial charge < -0.3 is 54.3 Å². The summed E-state index contributed by atoms with van der Waals surface area (Å²) in [7, 11) is 1.39. The predicted molar refractivity (Wildman–Crippen MR) is 413 cm³/mol. The summed E-state index contributed by atoms with van der Waals surface area (Å²) in [5.74, 6) is -1.21. The third kappa shape index (κ3) is 25.9. The van der Waals surface area contributed by atoms with Crippen molar-refractivity contribution in [3.63, 3.8) is 0 Å². The van der Waals surface area contributed by atoms with Gasteiger partial charge in [-0.1, -0.05) is 86.6 Å². The van der Waals surface area contributed by atoms with E-state index in [0.29, 0.717) is 79.4 Å². The molecule has 556 valence electrons. The molecule has 108 heavy (non-hydrogen) atoms. The number of methoxy groups -OCH3 is 1. The van der Waals surface area contributed by atoms with Crippen LogP contribution < -0.4 is 40.1 Å². The van der Waals surface area contributed by atoms with Crippen LogP contribution >= 0.6 is 0 Å². The van der Waals surface area contributed by atoms with Crippen molar-refractivity contribution < 1.29 is 52.6 Å². The van der Waals surface area contributed by atoms with Crippen LogP contribution in [0.2, 0.25) is 0 Å². The molecule has 0 radical (unpaired) electrons. The average molecular weight is 1460 g/mol. The van der Waals surface area contributed by atoms with Crippen LogP contribution in [-0.2, 0) is 78.3 Å². The predicted octanol–water partition coefficient (Wildman–Crippen LogP) is 12.0. The highest BCUT2D eigenvalue weighted by molar-refractivity contribution is 5.83. The minimum absolute atomic E-state index is 0.0964. The molecule has 11 aromatic rings. The van der Waals surface area contributed by atoms with Crippen molar-refractivity contribution in [1.82, 2.24) is 39.9 Å². The number of aryl methyl sites for hydroxylation is 3. The number of benzene rings is 7. The Morgan fingerprint density at radius 3 is 0.944 bits per heavy atom. The molecule has 14 N–H and O–H groups in total. The number of ether oxygens (including phenoxy) is 3. The van der Waals surface area contributed by atoms with Crippen LogP contribution in [0.25, 0.3) is 77.9 Å². The van der Waals surface area contributed by atoms with E-state index in [0.717, 1.165) is 101 Å². The summed E-state index contributed by atoms with van der Waals surface area (Å²) in [6.45, 7) is 10.5. The summed E-state index contributed by atoms with van der Waals surface area (Å²) >= 11 is 0. The highest BCUT2D eigenvalue weighted by atomic mass is 16.5. The monoisotopic (exact) mass is 1460 g/mol. The number of nitrogens with zero attached hydrogens (tertiary/aromatic N) is 8. The number of hydrogen-bond donors (Lipinski definition) is 7. The van der Waals surface area contributed by atoms with Crippen molar-refractivity contribution in [2.75, 3.05) is 54.7 Å². The van der Waals surface area contributed by atoms with Gasteiger partial charge in [0.1, 0.15) is 25.3 Å². The van der Waals surface area contributed by atoms with Crippen LogP contribution in [0.3, 0.4) is 0 Å². The van der Waals surface area contributed by atoms with Crippen LogP contribution in [0.1, 0.15) is 81.2 Å². The van der Waals surface area contributed by atoms with Crippen LogP contribution in [0.15, 0.2) is 202 Å². The van der Waals surface area contributed by atoms with E-state index in [1.54, 1.807) is 67.8 Å². The summed E-state index contributed by atoms with van der Waals surface area (Å²) in [5.41, 5.74) is 63.4. The van der Waals surface area contributed by atoms with Gasteiger partial charge in [-0.3, -0.25) is 19.2 Å². The fraction of sp³-hybridized carbons (Fsp3) is 0.220. The maximum atomic E-state index is 12.4. The van der Waals surface area contributed by atoms with Crippen molar-refractivity contribution in [3.8, 4) is 77.9 Å². The van der Waals surface area contributed by atoms with Crippen LogP contribution in [0.5, 0.6) is 0 Å². The highest BCUT2D eigenvalue weighted by Gasteiger charge is 2.23. The van der Waals surface area contributed by atoms with Crippen molar-refractivity contribution in [1.29, 1.82) is 0 Å². The zero-order chi connectivity index (χ0) is 78.5. The van der Waals surface area contributed by atoms with E-state index >= 15 is 0 Å². The molecule has 11 rings (SSSR count). The van der Waals surface area contributed by atoms with Gasteiger partial charge in [0.05, 0.1) is 32.2 Å². The normalized spacial score (nSPS) is 10.7. The van der Waals surface area contributed by atoms with Gasteiger partial charge in [0.25, 0.3) is 0 Å². The maximum Gasteiger partial charge on any atom is 0.373 e. The molecule has 2 unspecified atom stereocenters. The lowest BCUT2D eigenvalue weighted by Crippen LogP contribution is -2.19. The van der Waals surface area contributed by atoms with E-state index in [-0.39, 0.29) is 60.8 Å². The first-order chi connectivity index (χ1) is 52.1. The number of rotatable bonds is 23. The number of nitrogens with two attached hydrogens (primary N) is 7. The Hall–Kier alpha value is -13.7. The van der Waals surface area contributed by atoms with Gasteiger partial charge in [-0.25, -0.2) is 39.9 Å². The van der Waals surface area contributed by atoms with Crippen molar-refractivity contribution in [2.24, 2.45) is 17.6 Å². The van der Waals surface area contributed by atoms with Gasteiger partial charge in [-0.05, 0) is 197 Å². The van der Waals surface area contributed by atoms with Gasteiger partial charge in [0.2, 0.25) is 5.91 Å². The summed E-state index contributed by atoms with van der Waals surface area (Å²) in [4.78, 5) is 112. The Balaban J connectivity index is 0.000000220. The number of esters is 3. The molecule has 0 saturated heterocycles. The van der Waals surface area contributed by atoms with Crippen LogP contribution in [0.4, 0.5) is 34.1 Å². The lowest BCUT2D eigenvalue weighted by Gasteiger charge is -2.18. The lowest BCUT2D eigenvalue weighted by molar-refractivity contribution is -0.193. The molecule has 26 heteroatoms. The highest BCUT2D eigenvalue weighted by Crippen LogP contribution is 2.36. The Labute approximate surface area is 626 Å². The summed E-state index contributed by atoms with van der Waals surface area (Å²) in [6.07, 6.45) is 25.0. The second-order valence-corrected chi connectivity index (χ2v) is 24.3. The number of carbonyl (C=O) groups is 4. The molecule has 4 heterocycles. The van der Waals surface area contributed by atoms with Crippen LogP contribution in [0, 0.1) is 18.8 Å². The van der Waals surface area contributed by atoms with Gasteiger partial charge in [0.15, 0.2) is 0 Å². The van der Waals surface area contributed by atoms with Crippen molar-refractivity contribution in [3.05, 3.63) is 230 Å². The molecule has 26 nitrogen and oxygen atoms in total. The number of aromatic nitrogens is 8. The maximum absolute atomic E-state index is 12.4. The summed E-state index contributed by atoms with van der Waals surface area (Å²) < 4.78 is 15.2. The zero-order valence-electron chi connectivity index (χ0n) is 60.9. The number of hydrogen-bond acceptors (Lipinski definition) is 25. The first-order valence-corrected chi connectivity index (χ1v) is 34.3. The van der Waals surface area contributed by atoms with Crippen molar-refractivity contribution in [2.45, 2.75) is 86.0 Å². The molecule has 0 aliphatic heterocycles. The summed E-state index contributed by atoms with van der Waals surface area (Å²) in [6, 6.07) is 40.8. The molecule has 4 aromatic heterocycles. The topological polar surface area (TPSA) is 450 Å². The Kier molecular flexibility index (Phi) is 33.5. The quantitative estimate of drug-likeness (QED) is 0.0178. The fourth-order valence-electron chi connectivity index (χ4n) is 11.5. The standard InChI is InChI=1S/C23H26N4O2.C20H20N4O2.C19H19N5O.C18H22N2O2.2CO2/c1-3-15(23(28)29-4-2)7-17-8-16(19-12-26-14-27-13-19)5-6-22(17)18-9-20(24)11-21(25)10-18;1-26-20(25)5-3-14-6-13(16-10-23-12-24-11-16)2-4-19(14)15-7-17(21)9-18(22)8-15;20-16-6-14(7-17(21)8-16)18-3-1-12(15-9-23-11-24-10-15)5-13(18)2-4-19(22)25;1-4-14(18(21)22-5-2)8-16-9-15(7-6-13(16)3)17-10-19-12-20-11-17;2*2-1-3/h5-6,8-15H,3-4,7,24-25H2,1-2H3;2,4,6-12H,3,5,21-22H2,1H3;1,3,5-11H,2,4,20-21H2,(H2,22,25);6-7,9-12,14H,4-5,8H2,1-3H3;;. The van der Waals surface area contributed by atoms with E-state index in [9.17, 15) is 19.2 Å². The first-order valence-electron chi connectivity index (χ1n) is 34.3. The first kappa shape index (κ1) is 83.2. The zero-order valence-corrected chi connectivity index (χ0v) is 60.9. The average Bonchev–Trinajstić information content (AvgIpc) is 0.826. The lowest BCUT2D eigenvalue weighted by atomic mass is 9.88. The van der Waals surface area contributed by atoms with E-state index in [1.165, 1.54) is 43.5 Å². The number of nitrogen functional groups attached to an aromatic ring is 6. The molecule has 0 fully saturated rings. The second-order valence-electron chi connectivity index (χ2n) is 24.3. The molecule has 0 aliphatic rings. The largest absolute Gasteiger partial charge is 0.469 e. The van der Waals surface area contributed by atoms with E-state index in [2.05, 4.69) is 71.1 Å². The molecular weight excluding hydrogens is 1370 g/mol. The van der Waals surface area contributed by atoms with E-state index < -0.39 is 0 Å². The van der Waals surface area contributed by atoms with E-state index in [1.807, 2.05) is 113 Å². The van der Waals surface area contributed by atoms with Gasteiger partial charge in [0, 0.05) is 119 Å². The molecule has 1 amide bonds. The number of carbonyl (C=O) groups excluding carboxylic acids is 8. The molecule has 0 aliphatic carbocycles. The number of primary amides is 1. The minimum Gasteiger partial charge on any atom is -0.469 e. The smallest absolute Gasteiger partial charge is 0.373 e. The molecule has 0 saturated carbocycles. The fourth-order valence-corrected chi connectivity index (χ4v) is 11.5. The SMILES string of the molecule is CCOC(=O)C(CC)Cc1cc(-c2cncnc2)ccc1-c1cc(N)cc(N)c1.CCOC(=O)C(CC)Cc1cc(-c2cncnc2)ccc1C.COC(=O)CCc1cc(-c2cncnc2)ccc1-c1cc(N)cc(N)c1.NC(=O)CCc1cc(-c2cncnc2)ccc1-c1cc(N)cc(N)c1.O=C=O.O=C=O. The second kappa shape index (κ2) is 43.4. The van der Waals surface area contributed by atoms with Crippen LogP contribution in [-0.4, -0.2) is 96.3 Å². The minimum atomic E-state index is -0.341. The third-order valence-electron chi connectivity index (χ3n) is 16.7. The van der Waals surface area contributed by atoms with Crippen molar-refractivity contribution >= 4 is 70.2 Å². The molecule has 0 spiro atoms. The number of amides is 1. The number of anilines is 6. The van der Waals surface area contributed by atoms with Gasteiger partial charge in [-0.15, -0.1) is 0 Å². The molecule has 0 bridgehead atoms. The Morgan fingerprint density at radius 2 is 0.648 bits per heavy atom. The summed E-state index contributed by atoms with van der Waals surface area (Å²) in [5, 5.41) is 0. The van der Waals surface area contributed by atoms with E-state index in [4.69, 9.17) is 73.5 Å². The van der Waals surface area contributed by atoms with Gasteiger partial charge >= 0.3 is 30.2 Å². The van der Waals surface area contributed by atoms with Gasteiger partial charge in [-0.2, -0.15) is 19.2 Å². The Morgan fingerprint density at radius 1 is 0.370 bits per heavy atom. The molecule has 2 atom stereocenters. The Bertz CT molecular complexity index is 4760.